The zero-order valence-corrected chi connectivity index (χ0v) is 13.2. The van der Waals surface area contributed by atoms with Gasteiger partial charge in [0.1, 0.15) is 0 Å². The molecule has 0 saturated heterocycles. The maximum Gasteiger partial charge on any atom is 0.340 e. The molecule has 0 spiro atoms. The third-order valence-corrected chi connectivity index (χ3v) is 3.66. The van der Waals surface area contributed by atoms with Gasteiger partial charge >= 0.3 is 5.97 Å². The normalized spacial score (nSPS) is 10.8. The van der Waals surface area contributed by atoms with Gasteiger partial charge in [-0.1, -0.05) is 39.2 Å². The van der Waals surface area contributed by atoms with Gasteiger partial charge in [-0.15, -0.1) is 0 Å². The SMILES string of the molecule is Cc1ccc(C(=O)OCCCCCC(C)C)c(N)c1C. The van der Waals surface area contributed by atoms with E-state index in [1.807, 2.05) is 19.9 Å². The van der Waals surface area contributed by atoms with Crippen molar-refractivity contribution in [3.05, 3.63) is 28.8 Å². The Morgan fingerprint density at radius 3 is 2.55 bits per heavy atom. The number of carbonyl (C=O) groups is 1. The van der Waals surface area contributed by atoms with Crippen LogP contribution < -0.4 is 5.73 Å². The number of esters is 1. The number of carbonyl (C=O) groups excluding carboxylic acids is 1. The Kier molecular flexibility index (Phi) is 6.56. The number of unbranched alkanes of at least 4 members (excludes halogenated alkanes) is 2. The van der Waals surface area contributed by atoms with Crippen molar-refractivity contribution >= 4 is 11.7 Å². The van der Waals surface area contributed by atoms with Crippen LogP contribution in [-0.4, -0.2) is 12.6 Å². The molecule has 112 valence electrons. The minimum atomic E-state index is -0.311. The summed E-state index contributed by atoms with van der Waals surface area (Å²) in [6.07, 6.45) is 4.45. The van der Waals surface area contributed by atoms with Crippen LogP contribution in [0.4, 0.5) is 5.69 Å². The summed E-state index contributed by atoms with van der Waals surface area (Å²) < 4.78 is 5.29. The van der Waals surface area contributed by atoms with Crippen LogP contribution in [0.3, 0.4) is 0 Å². The first-order chi connectivity index (χ1) is 9.43. The molecule has 0 aromatic heterocycles. The fourth-order valence-corrected chi connectivity index (χ4v) is 2.09. The number of benzene rings is 1. The van der Waals surface area contributed by atoms with Crippen molar-refractivity contribution < 1.29 is 9.53 Å². The van der Waals surface area contributed by atoms with Crippen LogP contribution in [0.15, 0.2) is 12.1 Å². The predicted octanol–water partition coefficient (Wildman–Crippen LogP) is 4.26. The van der Waals surface area contributed by atoms with Gasteiger partial charge in [0.05, 0.1) is 12.2 Å². The van der Waals surface area contributed by atoms with Gasteiger partial charge in [-0.3, -0.25) is 0 Å². The number of rotatable bonds is 7. The monoisotopic (exact) mass is 277 g/mol. The van der Waals surface area contributed by atoms with Crippen LogP contribution >= 0.6 is 0 Å². The van der Waals surface area contributed by atoms with Crippen molar-refractivity contribution in [1.29, 1.82) is 0 Å². The summed E-state index contributed by atoms with van der Waals surface area (Å²) in [5.74, 6) is 0.433. The molecule has 1 rings (SSSR count). The summed E-state index contributed by atoms with van der Waals surface area (Å²) in [6, 6.07) is 3.66. The molecule has 0 unspecified atom stereocenters. The summed E-state index contributed by atoms with van der Waals surface area (Å²) in [6.45, 7) is 8.83. The third-order valence-electron chi connectivity index (χ3n) is 3.66. The molecular weight excluding hydrogens is 250 g/mol. The summed E-state index contributed by atoms with van der Waals surface area (Å²) in [7, 11) is 0. The van der Waals surface area contributed by atoms with Crippen LogP contribution in [0.2, 0.25) is 0 Å². The van der Waals surface area contributed by atoms with Gasteiger partial charge in [-0.25, -0.2) is 4.79 Å². The topological polar surface area (TPSA) is 52.3 Å². The Balaban J connectivity index is 2.39. The van der Waals surface area contributed by atoms with Crippen molar-refractivity contribution in [3.63, 3.8) is 0 Å². The molecule has 0 heterocycles. The second kappa shape index (κ2) is 7.93. The largest absolute Gasteiger partial charge is 0.462 e. The molecule has 0 fully saturated rings. The number of anilines is 1. The van der Waals surface area contributed by atoms with Crippen molar-refractivity contribution in [3.8, 4) is 0 Å². The molecule has 1 aromatic carbocycles. The minimum Gasteiger partial charge on any atom is -0.462 e. The zero-order chi connectivity index (χ0) is 15.1. The number of aryl methyl sites for hydroxylation is 1. The second-order valence-corrected chi connectivity index (χ2v) is 5.85. The molecule has 0 saturated carbocycles. The van der Waals surface area contributed by atoms with Crippen LogP contribution in [0.25, 0.3) is 0 Å². The lowest BCUT2D eigenvalue weighted by molar-refractivity contribution is 0.0498. The van der Waals surface area contributed by atoms with E-state index in [4.69, 9.17) is 10.5 Å². The highest BCUT2D eigenvalue weighted by Gasteiger charge is 2.13. The van der Waals surface area contributed by atoms with Gasteiger partial charge in [0.15, 0.2) is 0 Å². The highest BCUT2D eigenvalue weighted by atomic mass is 16.5. The molecular formula is C17H27NO2. The van der Waals surface area contributed by atoms with E-state index < -0.39 is 0 Å². The highest BCUT2D eigenvalue weighted by molar-refractivity contribution is 5.96. The predicted molar refractivity (Wildman–Crippen MR) is 83.9 cm³/mol. The number of ether oxygens (including phenoxy) is 1. The number of hydrogen-bond donors (Lipinski definition) is 1. The van der Waals surface area contributed by atoms with Gasteiger partial charge in [0, 0.05) is 5.69 Å². The number of nitrogen functional groups attached to an aromatic ring is 1. The van der Waals surface area contributed by atoms with Crippen LogP contribution in [-0.2, 0) is 4.74 Å². The van der Waals surface area contributed by atoms with Crippen molar-refractivity contribution in [2.24, 2.45) is 5.92 Å². The summed E-state index contributed by atoms with van der Waals surface area (Å²) in [5, 5.41) is 0. The summed E-state index contributed by atoms with van der Waals surface area (Å²) in [4.78, 5) is 12.0. The smallest absolute Gasteiger partial charge is 0.340 e. The van der Waals surface area contributed by atoms with E-state index >= 15 is 0 Å². The lowest BCUT2D eigenvalue weighted by Gasteiger charge is -2.11. The molecule has 0 aliphatic rings. The lowest BCUT2D eigenvalue weighted by Crippen LogP contribution is -2.10. The van der Waals surface area contributed by atoms with Crippen molar-refractivity contribution in [2.45, 2.75) is 53.4 Å². The van der Waals surface area contributed by atoms with Gasteiger partial charge < -0.3 is 10.5 Å². The molecule has 0 atom stereocenters. The van der Waals surface area contributed by atoms with Crippen molar-refractivity contribution in [2.75, 3.05) is 12.3 Å². The van der Waals surface area contributed by atoms with Crippen LogP contribution in [0, 0.1) is 19.8 Å². The first kappa shape index (κ1) is 16.5. The quantitative estimate of drug-likeness (QED) is 0.460. The van der Waals surface area contributed by atoms with Gasteiger partial charge in [-0.05, 0) is 43.4 Å². The van der Waals surface area contributed by atoms with Crippen molar-refractivity contribution in [1.82, 2.24) is 0 Å². The molecule has 20 heavy (non-hydrogen) atoms. The fourth-order valence-electron chi connectivity index (χ4n) is 2.09. The maximum atomic E-state index is 12.0. The van der Waals surface area contributed by atoms with Gasteiger partial charge in [0.25, 0.3) is 0 Å². The lowest BCUT2D eigenvalue weighted by atomic mass is 10.0. The fraction of sp³-hybridized carbons (Fsp3) is 0.588. The van der Waals surface area contributed by atoms with Crippen LogP contribution in [0.5, 0.6) is 0 Å². The van der Waals surface area contributed by atoms with Gasteiger partial charge in [0.2, 0.25) is 0 Å². The maximum absolute atomic E-state index is 12.0. The van der Waals surface area contributed by atoms with E-state index in [1.54, 1.807) is 6.07 Å². The van der Waals surface area contributed by atoms with E-state index in [1.165, 1.54) is 12.8 Å². The summed E-state index contributed by atoms with van der Waals surface area (Å²) >= 11 is 0. The van der Waals surface area contributed by atoms with E-state index in [0.717, 1.165) is 29.9 Å². The van der Waals surface area contributed by atoms with Gasteiger partial charge in [-0.2, -0.15) is 0 Å². The average Bonchev–Trinajstić information content (AvgIpc) is 2.39. The molecule has 2 N–H and O–H groups in total. The van der Waals surface area contributed by atoms with E-state index in [0.29, 0.717) is 17.9 Å². The third kappa shape index (κ3) is 4.87. The Morgan fingerprint density at radius 1 is 1.20 bits per heavy atom. The molecule has 0 amide bonds. The minimum absolute atomic E-state index is 0.311. The molecule has 1 aromatic rings. The van der Waals surface area contributed by atoms with E-state index in [-0.39, 0.29) is 5.97 Å². The number of hydrogen-bond acceptors (Lipinski definition) is 3. The molecule has 3 nitrogen and oxygen atoms in total. The standard InChI is InChI=1S/C17H27NO2/c1-12(2)8-6-5-7-11-20-17(19)15-10-9-13(3)14(4)16(15)18/h9-10,12H,5-8,11,18H2,1-4H3. The first-order valence-corrected chi connectivity index (χ1v) is 7.46. The number of nitrogens with two attached hydrogens (primary N) is 1. The average molecular weight is 277 g/mol. The molecule has 0 aliphatic carbocycles. The summed E-state index contributed by atoms with van der Waals surface area (Å²) in [5.41, 5.74) is 9.03. The first-order valence-electron chi connectivity index (χ1n) is 7.46. The Bertz CT molecular complexity index is 453. The zero-order valence-electron chi connectivity index (χ0n) is 13.2. The molecule has 0 bridgehead atoms. The Hall–Kier alpha value is -1.51. The van der Waals surface area contributed by atoms with Crippen LogP contribution in [0.1, 0.15) is 61.0 Å². The van der Waals surface area contributed by atoms with E-state index in [2.05, 4.69) is 13.8 Å². The van der Waals surface area contributed by atoms with E-state index in [9.17, 15) is 4.79 Å². The molecule has 3 heteroatoms. The highest BCUT2D eigenvalue weighted by Crippen LogP contribution is 2.21. The molecule has 0 aliphatic heterocycles. The molecule has 0 radical (unpaired) electrons. The Labute approximate surface area is 122 Å². The second-order valence-electron chi connectivity index (χ2n) is 5.85. The Morgan fingerprint density at radius 2 is 1.90 bits per heavy atom.